The van der Waals surface area contributed by atoms with Crippen LogP contribution in [0.2, 0.25) is 0 Å². The molecule has 1 aliphatic heterocycles. The predicted octanol–water partition coefficient (Wildman–Crippen LogP) is 4.09. The number of benzene rings is 1. The Bertz CT molecular complexity index is 1140. The summed E-state index contributed by atoms with van der Waals surface area (Å²) in [6, 6.07) is 4.59. The molecule has 2 aromatic rings. The number of aromatic nitrogens is 1. The van der Waals surface area contributed by atoms with Gasteiger partial charge in [0.2, 0.25) is 0 Å². The van der Waals surface area contributed by atoms with Crippen LogP contribution in [0.4, 0.5) is 19.3 Å². The number of hydrogen-bond acceptors (Lipinski definition) is 6. The zero-order valence-corrected chi connectivity index (χ0v) is 18.7. The summed E-state index contributed by atoms with van der Waals surface area (Å²) in [5, 5.41) is 22.2. The number of carboxylic acids is 1. The highest BCUT2D eigenvalue weighted by molar-refractivity contribution is 6.00. The topological polar surface area (TPSA) is 116 Å². The Morgan fingerprint density at radius 3 is 2.45 bits per heavy atom. The molecule has 1 saturated heterocycles. The van der Waals surface area contributed by atoms with Gasteiger partial charge in [0, 0.05) is 30.9 Å². The Hall–Kier alpha value is -3.74. The van der Waals surface area contributed by atoms with Crippen molar-refractivity contribution in [3.05, 3.63) is 47.3 Å². The average Bonchev–Trinajstić information content (AvgIpc) is 3.05. The van der Waals surface area contributed by atoms with E-state index in [0.29, 0.717) is 19.0 Å². The molecule has 1 atom stereocenters. The van der Waals surface area contributed by atoms with Crippen LogP contribution in [0.15, 0.2) is 24.4 Å². The van der Waals surface area contributed by atoms with Crippen molar-refractivity contribution in [2.24, 2.45) is 0 Å². The molecule has 0 aliphatic carbocycles. The lowest BCUT2D eigenvalue weighted by molar-refractivity contribution is 0.0472. The number of hydrogen-bond donors (Lipinski definition) is 2. The van der Waals surface area contributed by atoms with Crippen LogP contribution in [0.3, 0.4) is 0 Å². The number of aromatic carboxylic acids is 1. The Morgan fingerprint density at radius 1 is 1.27 bits per heavy atom. The first-order valence-corrected chi connectivity index (χ1v) is 10.2. The van der Waals surface area contributed by atoms with E-state index in [-0.39, 0.29) is 34.6 Å². The molecule has 0 spiro atoms. The van der Waals surface area contributed by atoms with Crippen LogP contribution in [-0.2, 0) is 4.74 Å². The van der Waals surface area contributed by atoms with Gasteiger partial charge in [-0.25, -0.2) is 23.4 Å². The van der Waals surface area contributed by atoms with E-state index < -0.39 is 34.8 Å². The molecule has 1 amide bonds. The fourth-order valence-corrected chi connectivity index (χ4v) is 3.85. The number of nitrogens with zero attached hydrogens (tertiary/aromatic N) is 3. The van der Waals surface area contributed by atoms with Crippen molar-refractivity contribution >= 4 is 17.7 Å². The van der Waals surface area contributed by atoms with Crippen molar-refractivity contribution in [1.29, 1.82) is 5.26 Å². The zero-order chi connectivity index (χ0) is 24.6. The fourth-order valence-electron chi connectivity index (χ4n) is 3.85. The summed E-state index contributed by atoms with van der Waals surface area (Å²) >= 11 is 0. The van der Waals surface area contributed by atoms with Gasteiger partial charge < -0.3 is 20.1 Å². The Balaban J connectivity index is 2.08. The van der Waals surface area contributed by atoms with E-state index >= 15 is 0 Å². The van der Waals surface area contributed by atoms with E-state index in [4.69, 9.17) is 4.74 Å². The van der Waals surface area contributed by atoms with E-state index in [9.17, 15) is 28.7 Å². The number of nitrogens with one attached hydrogen (secondary N) is 1. The van der Waals surface area contributed by atoms with Crippen LogP contribution in [0, 0.1) is 23.0 Å². The van der Waals surface area contributed by atoms with E-state index in [1.165, 1.54) is 0 Å². The lowest BCUT2D eigenvalue weighted by Crippen LogP contribution is -2.49. The number of pyridine rings is 1. The molecule has 1 fully saturated rings. The highest BCUT2D eigenvalue weighted by Gasteiger charge is 2.39. The normalized spacial score (nSPS) is 18.0. The summed E-state index contributed by atoms with van der Waals surface area (Å²) < 4.78 is 33.3. The first-order chi connectivity index (χ1) is 15.3. The molecule has 0 saturated carbocycles. The first kappa shape index (κ1) is 23.9. The monoisotopic (exact) mass is 458 g/mol. The van der Waals surface area contributed by atoms with E-state index in [1.807, 2.05) is 6.07 Å². The van der Waals surface area contributed by atoms with Crippen LogP contribution in [0.5, 0.6) is 0 Å². The Morgan fingerprint density at radius 2 is 1.91 bits per heavy atom. The van der Waals surface area contributed by atoms with Gasteiger partial charge in [-0.2, -0.15) is 5.26 Å². The zero-order valence-electron chi connectivity index (χ0n) is 18.7. The lowest BCUT2D eigenvalue weighted by atomic mass is 9.97. The number of amides is 1. The summed E-state index contributed by atoms with van der Waals surface area (Å²) in [4.78, 5) is 29.9. The number of ether oxygens (including phenoxy) is 1. The lowest BCUT2D eigenvalue weighted by Gasteiger charge is -2.30. The summed E-state index contributed by atoms with van der Waals surface area (Å²) in [5.41, 5.74) is -1.77. The number of anilines is 1. The predicted molar refractivity (Wildman–Crippen MR) is 116 cm³/mol. The third-order valence-electron chi connectivity index (χ3n) is 5.13. The average molecular weight is 458 g/mol. The molecule has 33 heavy (non-hydrogen) atoms. The number of nitriles is 1. The molecular weight excluding hydrogens is 434 g/mol. The molecule has 1 aromatic carbocycles. The van der Waals surface area contributed by atoms with E-state index in [2.05, 4.69) is 10.3 Å². The molecule has 1 aliphatic rings. The molecule has 0 radical (unpaired) electrons. The second-order valence-electron chi connectivity index (χ2n) is 9.18. The molecule has 0 unspecified atom stereocenters. The van der Waals surface area contributed by atoms with Gasteiger partial charge in [0.25, 0.3) is 0 Å². The fraction of sp³-hybridized carbons (Fsp3) is 0.391. The molecule has 3 rings (SSSR count). The molecule has 8 nitrogen and oxygen atoms in total. The van der Waals surface area contributed by atoms with Gasteiger partial charge in [0.1, 0.15) is 34.6 Å². The second-order valence-corrected chi connectivity index (χ2v) is 9.18. The maximum atomic E-state index is 14.0. The molecule has 0 bridgehead atoms. The van der Waals surface area contributed by atoms with Crippen molar-refractivity contribution in [3.8, 4) is 17.2 Å². The van der Waals surface area contributed by atoms with Gasteiger partial charge in [0.05, 0.1) is 11.2 Å². The van der Waals surface area contributed by atoms with Crippen LogP contribution in [0.1, 0.15) is 50.2 Å². The van der Waals surface area contributed by atoms with Crippen LogP contribution < -0.4 is 10.2 Å². The number of halogens is 2. The Kier molecular flexibility index (Phi) is 6.27. The van der Waals surface area contributed by atoms with Crippen molar-refractivity contribution in [3.63, 3.8) is 0 Å². The van der Waals surface area contributed by atoms with Gasteiger partial charge in [-0.05, 0) is 51.8 Å². The number of carbonyl (C=O) groups excluding carboxylic acids is 1. The standard InChI is InChI=1S/C23H24F2N4O4/c1-22(2,3)33-21(32)28-23(4)5-6-29(12-23)19-16(20(30)31)11-27-17(10-26)18(19)13-7-14(24)9-15(25)8-13/h7-9,11H,5-6,12H2,1-4H3,(H,28,32)(H,30,31)/t23-/m0/s1. The number of rotatable bonds is 4. The molecule has 2 N–H and O–H groups in total. The second kappa shape index (κ2) is 8.65. The number of carboxylic acid groups (broad SMARTS) is 1. The molecule has 10 heteroatoms. The summed E-state index contributed by atoms with van der Waals surface area (Å²) in [6.07, 6.45) is 0.865. The van der Waals surface area contributed by atoms with Gasteiger partial charge in [0.15, 0.2) is 0 Å². The van der Waals surface area contributed by atoms with E-state index in [1.54, 1.807) is 32.6 Å². The SMILES string of the molecule is CC(C)(C)OC(=O)N[C@@]1(C)CCN(c2c(C(=O)O)cnc(C#N)c2-c2cc(F)cc(F)c2)C1. The van der Waals surface area contributed by atoms with Crippen molar-refractivity contribution in [2.45, 2.75) is 45.3 Å². The number of alkyl carbamates (subject to hydrolysis) is 1. The number of carbonyl (C=O) groups is 2. The molecule has 2 heterocycles. The largest absolute Gasteiger partial charge is 0.478 e. The molecular formula is C23H24F2N4O4. The van der Waals surface area contributed by atoms with Gasteiger partial charge in [-0.1, -0.05) is 0 Å². The first-order valence-electron chi connectivity index (χ1n) is 10.2. The highest BCUT2D eigenvalue weighted by Crippen LogP contribution is 2.39. The van der Waals surface area contributed by atoms with Crippen molar-refractivity contribution in [2.75, 3.05) is 18.0 Å². The smallest absolute Gasteiger partial charge is 0.408 e. The minimum absolute atomic E-state index is 0.0108. The maximum Gasteiger partial charge on any atom is 0.408 e. The van der Waals surface area contributed by atoms with Crippen molar-refractivity contribution < 1.29 is 28.2 Å². The van der Waals surface area contributed by atoms with Gasteiger partial charge in [-0.15, -0.1) is 0 Å². The third kappa shape index (κ3) is 5.37. The summed E-state index contributed by atoms with van der Waals surface area (Å²) in [6.45, 7) is 7.48. The Labute approximate surface area is 189 Å². The highest BCUT2D eigenvalue weighted by atomic mass is 19.1. The summed E-state index contributed by atoms with van der Waals surface area (Å²) in [7, 11) is 0. The van der Waals surface area contributed by atoms with Crippen molar-refractivity contribution in [1.82, 2.24) is 10.3 Å². The van der Waals surface area contributed by atoms with Crippen LogP contribution >= 0.6 is 0 Å². The quantitative estimate of drug-likeness (QED) is 0.709. The third-order valence-corrected chi connectivity index (χ3v) is 5.13. The minimum Gasteiger partial charge on any atom is -0.478 e. The molecule has 174 valence electrons. The maximum absolute atomic E-state index is 14.0. The summed E-state index contributed by atoms with van der Waals surface area (Å²) in [5.74, 6) is -3.06. The van der Waals surface area contributed by atoms with Gasteiger partial charge >= 0.3 is 12.1 Å². The van der Waals surface area contributed by atoms with Gasteiger partial charge in [-0.3, -0.25) is 0 Å². The molecule has 1 aromatic heterocycles. The van der Waals surface area contributed by atoms with Crippen LogP contribution in [0.25, 0.3) is 11.1 Å². The van der Waals surface area contributed by atoms with Crippen LogP contribution in [-0.4, -0.2) is 46.4 Å². The minimum atomic E-state index is -1.31. The van der Waals surface area contributed by atoms with E-state index in [0.717, 1.165) is 18.3 Å².